The maximum Gasteiger partial charge on any atom is 0.326 e. The molecule has 0 aromatic heterocycles. The summed E-state index contributed by atoms with van der Waals surface area (Å²) < 4.78 is 5.08. The number of rotatable bonds is 4. The lowest BCUT2D eigenvalue weighted by molar-refractivity contribution is -0.141. The fourth-order valence-corrected chi connectivity index (χ4v) is 1.84. The van der Waals surface area contributed by atoms with Crippen molar-refractivity contribution in [2.24, 2.45) is 0 Å². The molecule has 1 aliphatic heterocycles. The Morgan fingerprint density at radius 2 is 2.05 bits per heavy atom. The van der Waals surface area contributed by atoms with Gasteiger partial charge in [0.25, 0.3) is 0 Å². The van der Waals surface area contributed by atoms with Crippen molar-refractivity contribution in [3.8, 4) is 0 Å². The lowest BCUT2D eigenvalue weighted by Crippen LogP contribution is -2.48. The van der Waals surface area contributed by atoms with E-state index >= 15 is 0 Å². The highest BCUT2D eigenvalue weighted by molar-refractivity contribution is 5.87. The minimum absolute atomic E-state index is 0.160. The Labute approximate surface area is 111 Å². The van der Waals surface area contributed by atoms with Crippen molar-refractivity contribution in [1.82, 2.24) is 15.1 Å². The maximum absolute atomic E-state index is 11.9. The summed E-state index contributed by atoms with van der Waals surface area (Å²) in [5.41, 5.74) is 0. The first-order chi connectivity index (χ1) is 8.86. The van der Waals surface area contributed by atoms with E-state index in [4.69, 9.17) is 9.84 Å². The summed E-state index contributed by atoms with van der Waals surface area (Å²) in [5, 5.41) is 11.5. The third kappa shape index (κ3) is 3.82. The molecule has 0 aliphatic carbocycles. The molecule has 3 amide bonds. The first-order valence-corrected chi connectivity index (χ1v) is 5.87. The number of likely N-dealkylation sites (N-methyl/N-ethyl adjacent to an activating group) is 1. The monoisotopic (exact) mass is 273 g/mol. The zero-order valence-corrected chi connectivity index (χ0v) is 11.3. The van der Waals surface area contributed by atoms with Gasteiger partial charge in [-0.25, -0.2) is 9.59 Å². The Balaban J connectivity index is 2.59. The van der Waals surface area contributed by atoms with Crippen LogP contribution in [0.2, 0.25) is 0 Å². The maximum atomic E-state index is 11.9. The van der Waals surface area contributed by atoms with Crippen LogP contribution in [0.5, 0.6) is 0 Å². The van der Waals surface area contributed by atoms with Crippen molar-refractivity contribution in [3.63, 3.8) is 0 Å². The Morgan fingerprint density at radius 3 is 2.53 bits per heavy atom. The van der Waals surface area contributed by atoms with Gasteiger partial charge in [-0.15, -0.1) is 0 Å². The number of nitrogens with zero attached hydrogens (tertiary/aromatic N) is 2. The van der Waals surface area contributed by atoms with E-state index in [0.717, 1.165) is 0 Å². The van der Waals surface area contributed by atoms with Gasteiger partial charge in [-0.05, 0) is 0 Å². The zero-order valence-electron chi connectivity index (χ0n) is 11.3. The van der Waals surface area contributed by atoms with Crippen molar-refractivity contribution < 1.29 is 24.2 Å². The van der Waals surface area contributed by atoms with Crippen LogP contribution in [0.25, 0.3) is 0 Å². The van der Waals surface area contributed by atoms with Crippen LogP contribution in [-0.4, -0.2) is 79.3 Å². The van der Waals surface area contributed by atoms with Crippen molar-refractivity contribution in [3.05, 3.63) is 0 Å². The van der Waals surface area contributed by atoms with Crippen LogP contribution in [0.15, 0.2) is 0 Å². The highest BCUT2D eigenvalue weighted by atomic mass is 16.5. The molecule has 0 spiro atoms. The van der Waals surface area contributed by atoms with Gasteiger partial charge in [-0.3, -0.25) is 4.79 Å². The molecule has 1 saturated heterocycles. The summed E-state index contributed by atoms with van der Waals surface area (Å²) in [7, 11) is 4.62. The highest BCUT2D eigenvalue weighted by Crippen LogP contribution is 2.20. The Morgan fingerprint density at radius 1 is 1.42 bits per heavy atom. The summed E-state index contributed by atoms with van der Waals surface area (Å²) in [6, 6.07) is -1.48. The minimum atomic E-state index is -1.08. The van der Waals surface area contributed by atoms with E-state index in [2.05, 4.69) is 5.32 Å². The van der Waals surface area contributed by atoms with E-state index in [0.29, 0.717) is 0 Å². The molecule has 8 heteroatoms. The number of ether oxygens (including phenoxy) is 1. The number of likely N-dealkylation sites (tertiary alicyclic amines) is 1. The van der Waals surface area contributed by atoms with Gasteiger partial charge in [-0.2, -0.15) is 0 Å². The van der Waals surface area contributed by atoms with E-state index in [1.807, 2.05) is 0 Å². The Hall–Kier alpha value is -1.83. The predicted octanol–water partition coefficient (Wildman–Crippen LogP) is -1.04. The van der Waals surface area contributed by atoms with Gasteiger partial charge in [0.1, 0.15) is 6.04 Å². The van der Waals surface area contributed by atoms with Crippen molar-refractivity contribution in [1.29, 1.82) is 0 Å². The lowest BCUT2D eigenvalue weighted by Gasteiger charge is -2.22. The molecule has 0 radical (unpaired) electrons. The van der Waals surface area contributed by atoms with Crippen LogP contribution in [0.4, 0.5) is 4.79 Å². The molecule has 2 N–H and O–H groups in total. The number of methoxy groups -OCH3 is 1. The van der Waals surface area contributed by atoms with E-state index in [1.54, 1.807) is 14.1 Å². The fraction of sp³-hybridized carbons (Fsp3) is 0.727. The second-order valence-corrected chi connectivity index (χ2v) is 4.55. The van der Waals surface area contributed by atoms with Crippen LogP contribution < -0.4 is 5.32 Å². The number of hydrogen-bond donors (Lipinski definition) is 2. The molecule has 2 atom stereocenters. The van der Waals surface area contributed by atoms with Crippen LogP contribution >= 0.6 is 0 Å². The van der Waals surface area contributed by atoms with Crippen LogP contribution in [-0.2, 0) is 14.3 Å². The molecule has 0 saturated carbocycles. The number of carboxylic acids is 1. The van der Waals surface area contributed by atoms with Gasteiger partial charge in [0.05, 0.1) is 12.6 Å². The number of urea groups is 1. The second-order valence-electron chi connectivity index (χ2n) is 4.55. The van der Waals surface area contributed by atoms with Crippen LogP contribution in [0, 0.1) is 0 Å². The predicted molar refractivity (Wildman–Crippen MR) is 65.6 cm³/mol. The summed E-state index contributed by atoms with van der Waals surface area (Å²) in [4.78, 5) is 36.8. The molecule has 1 aliphatic rings. The molecular weight excluding hydrogens is 254 g/mol. The van der Waals surface area contributed by atoms with Crippen molar-refractivity contribution in [2.75, 3.05) is 34.3 Å². The molecule has 0 aromatic rings. The summed E-state index contributed by atoms with van der Waals surface area (Å²) in [6.07, 6.45) is -0.0441. The normalized spacial score (nSPS) is 22.2. The molecule has 0 aromatic carbocycles. The van der Waals surface area contributed by atoms with E-state index in [-0.39, 0.29) is 31.5 Å². The molecule has 19 heavy (non-hydrogen) atoms. The first kappa shape index (κ1) is 15.2. The zero-order chi connectivity index (χ0) is 14.6. The number of carboxylic acid groups (broad SMARTS) is 1. The van der Waals surface area contributed by atoms with Gasteiger partial charge >= 0.3 is 12.0 Å². The third-order valence-corrected chi connectivity index (χ3v) is 3.03. The van der Waals surface area contributed by atoms with Crippen LogP contribution in [0.1, 0.15) is 6.42 Å². The minimum Gasteiger partial charge on any atom is -0.480 e. The topological polar surface area (TPSA) is 99.2 Å². The van der Waals surface area contributed by atoms with E-state index in [9.17, 15) is 14.4 Å². The molecule has 1 heterocycles. The largest absolute Gasteiger partial charge is 0.480 e. The lowest BCUT2D eigenvalue weighted by atomic mass is 10.2. The average Bonchev–Trinajstić information content (AvgIpc) is 2.79. The number of carbonyl (C=O) groups excluding carboxylic acids is 2. The van der Waals surface area contributed by atoms with E-state index in [1.165, 1.54) is 16.9 Å². The van der Waals surface area contributed by atoms with Crippen molar-refractivity contribution in [2.45, 2.75) is 18.6 Å². The molecule has 8 nitrogen and oxygen atoms in total. The molecule has 108 valence electrons. The van der Waals surface area contributed by atoms with Crippen molar-refractivity contribution >= 4 is 17.9 Å². The fourth-order valence-electron chi connectivity index (χ4n) is 1.84. The molecule has 1 fully saturated rings. The van der Waals surface area contributed by atoms with Gasteiger partial charge < -0.3 is 25.0 Å². The smallest absolute Gasteiger partial charge is 0.326 e. The third-order valence-electron chi connectivity index (χ3n) is 3.03. The second kappa shape index (κ2) is 6.37. The quantitative estimate of drug-likeness (QED) is 0.681. The van der Waals surface area contributed by atoms with Gasteiger partial charge in [0.2, 0.25) is 5.91 Å². The number of nitrogens with one attached hydrogen (secondary N) is 1. The number of amides is 3. The number of hydrogen-bond acceptors (Lipinski definition) is 4. The summed E-state index contributed by atoms with van der Waals surface area (Å²) >= 11 is 0. The van der Waals surface area contributed by atoms with Gasteiger partial charge in [-0.1, -0.05) is 0 Å². The molecule has 0 bridgehead atoms. The summed E-state index contributed by atoms with van der Waals surface area (Å²) in [6.45, 7) is 0.0434. The summed E-state index contributed by atoms with van der Waals surface area (Å²) in [5.74, 6) is -1.34. The SMILES string of the molecule is COC1CC(C(=O)O)N(C(=O)NCC(=O)N(C)C)C1. The Kier molecular flexibility index (Phi) is 5.11. The highest BCUT2D eigenvalue weighted by Gasteiger charge is 2.39. The van der Waals surface area contributed by atoms with Gasteiger partial charge in [0.15, 0.2) is 0 Å². The molecule has 2 unspecified atom stereocenters. The number of carbonyl (C=O) groups is 3. The average molecular weight is 273 g/mol. The van der Waals surface area contributed by atoms with E-state index < -0.39 is 18.0 Å². The van der Waals surface area contributed by atoms with Crippen LogP contribution in [0.3, 0.4) is 0 Å². The Bertz CT molecular complexity index is 371. The number of aliphatic carboxylic acids is 1. The van der Waals surface area contributed by atoms with Gasteiger partial charge in [0, 0.05) is 34.2 Å². The first-order valence-electron chi connectivity index (χ1n) is 5.87. The molecular formula is C11H19N3O5. The molecule has 1 rings (SSSR count). The standard InChI is InChI=1S/C11H19N3O5/c1-13(2)9(15)5-12-11(18)14-6-7(19-3)4-8(14)10(16)17/h7-8H,4-6H2,1-3H3,(H,12,18)(H,16,17).